The minimum atomic E-state index is -1.74. The molecule has 176 valence electrons. The molecule has 4 heterocycles. The van der Waals surface area contributed by atoms with E-state index in [9.17, 15) is 0 Å². The molecule has 1 saturated carbocycles. The van der Waals surface area contributed by atoms with Crippen molar-refractivity contribution < 1.29 is 0 Å². The molecule has 1 saturated heterocycles. The average molecular weight is 472 g/mol. The van der Waals surface area contributed by atoms with Gasteiger partial charge in [-0.1, -0.05) is 49.5 Å². The topological polar surface area (TPSA) is 58.5 Å². The first kappa shape index (κ1) is 20.4. The quantitative estimate of drug-likeness (QED) is 0.626. The monoisotopic (exact) mass is 471 g/mol. The van der Waals surface area contributed by atoms with Crippen LogP contribution in [0.4, 0.5) is 11.4 Å². The van der Waals surface area contributed by atoms with E-state index in [4.69, 9.17) is 0 Å². The van der Waals surface area contributed by atoms with E-state index < -0.39 is 8.07 Å². The first-order valence-electron chi connectivity index (χ1n) is 12.6. The number of hydrazone groups is 2. The lowest BCUT2D eigenvalue weighted by molar-refractivity contribution is -0.0135. The van der Waals surface area contributed by atoms with Crippen LogP contribution < -0.4 is 26.1 Å². The van der Waals surface area contributed by atoms with Gasteiger partial charge >= 0.3 is 0 Å². The fraction of sp³-hybridized carbons (Fsp3) is 0.462. The summed E-state index contributed by atoms with van der Waals surface area (Å²) in [5, 5.41) is 12.4. The number of nitrogens with one attached hydrogen (secondary N) is 2. The van der Waals surface area contributed by atoms with E-state index >= 15 is 0 Å². The Labute approximate surface area is 202 Å². The summed E-state index contributed by atoms with van der Waals surface area (Å²) in [5.41, 5.74) is 9.63. The van der Waals surface area contributed by atoms with Crippen LogP contribution in [0.15, 0.2) is 58.7 Å². The molecular formula is C26H33N7Si. The van der Waals surface area contributed by atoms with Crippen LogP contribution in [0, 0.1) is 0 Å². The van der Waals surface area contributed by atoms with Gasteiger partial charge in [-0.2, -0.15) is 10.2 Å². The molecule has 0 radical (unpaired) electrons. The molecule has 2 aromatic carbocycles. The van der Waals surface area contributed by atoms with E-state index in [2.05, 4.69) is 111 Å². The molecular weight excluding hydrogens is 438 g/mol. The highest BCUT2D eigenvalue weighted by atomic mass is 28.3. The number of fused-ring (bicyclic) bond motifs is 8. The van der Waals surface area contributed by atoms with Gasteiger partial charge in [0.15, 0.2) is 12.3 Å². The minimum absolute atomic E-state index is 0.119. The van der Waals surface area contributed by atoms with E-state index in [1.807, 2.05) is 0 Å². The van der Waals surface area contributed by atoms with E-state index in [0.717, 1.165) is 24.5 Å². The number of para-hydroxylation sites is 2. The number of piperazine rings is 1. The highest BCUT2D eigenvalue weighted by Gasteiger charge is 2.55. The smallest absolute Gasteiger partial charge is 0.157 e. The molecule has 7 rings (SSSR count). The van der Waals surface area contributed by atoms with E-state index in [1.54, 1.807) is 10.4 Å². The lowest BCUT2D eigenvalue weighted by Crippen LogP contribution is -2.73. The summed E-state index contributed by atoms with van der Waals surface area (Å²) < 4.78 is 0. The van der Waals surface area contributed by atoms with Gasteiger partial charge in [0, 0.05) is 17.4 Å². The van der Waals surface area contributed by atoms with Crippen molar-refractivity contribution in [1.82, 2.24) is 20.7 Å². The number of benzene rings is 2. The summed E-state index contributed by atoms with van der Waals surface area (Å²) in [6.45, 7) is 9.29. The Morgan fingerprint density at radius 1 is 0.765 bits per heavy atom. The van der Waals surface area contributed by atoms with Crippen molar-refractivity contribution in [2.45, 2.75) is 76.7 Å². The Bertz CT molecular complexity index is 1170. The van der Waals surface area contributed by atoms with Gasteiger partial charge in [-0.25, -0.2) is 0 Å². The Kier molecular flexibility index (Phi) is 4.20. The fourth-order valence-corrected chi connectivity index (χ4v) is 10.4. The highest BCUT2D eigenvalue weighted by molar-refractivity contribution is 7.02. The van der Waals surface area contributed by atoms with Crippen molar-refractivity contribution in [1.29, 1.82) is 0 Å². The summed E-state index contributed by atoms with van der Waals surface area (Å²) in [6, 6.07) is 19.7. The van der Waals surface area contributed by atoms with Crippen molar-refractivity contribution in [3.05, 3.63) is 48.5 Å². The average Bonchev–Trinajstić information content (AvgIpc) is 3.42. The third-order valence-electron chi connectivity index (χ3n) is 8.87. The number of anilines is 2. The molecule has 34 heavy (non-hydrogen) atoms. The number of rotatable bonds is 1. The van der Waals surface area contributed by atoms with Gasteiger partial charge in [0.25, 0.3) is 0 Å². The molecule has 0 spiro atoms. The molecule has 4 aliphatic heterocycles. The maximum absolute atomic E-state index is 4.65. The zero-order valence-electron chi connectivity index (χ0n) is 20.4. The largest absolute Gasteiger partial charge is 0.338 e. The maximum atomic E-state index is 4.65. The molecule has 2 N–H and O–H groups in total. The number of nitrogens with zero attached hydrogens (tertiary/aromatic N) is 5. The van der Waals surface area contributed by atoms with Crippen LogP contribution in [0.2, 0.25) is 13.1 Å². The molecule has 2 fully saturated rings. The van der Waals surface area contributed by atoms with Gasteiger partial charge in [-0.15, -0.1) is 0 Å². The molecule has 2 aromatic rings. The summed E-state index contributed by atoms with van der Waals surface area (Å²) >= 11 is 0. The first-order valence-corrected chi connectivity index (χ1v) is 15.6. The van der Waals surface area contributed by atoms with Crippen molar-refractivity contribution in [2.75, 3.05) is 4.90 Å². The SMILES string of the molecule is CC1=NNC2C3NN=C(C)N3C3CC(N4c5ccccc5[Si](C)(C)c5ccccc54)CCC3N12. The second-order valence-corrected chi connectivity index (χ2v) is 15.2. The Morgan fingerprint density at radius 2 is 1.29 bits per heavy atom. The summed E-state index contributed by atoms with van der Waals surface area (Å²) in [6.07, 6.45) is 3.69. The standard InChI is InChI=1S/C26H33N7Si/c1-16-27-29-25-26-30-28-17(2)32(26)22-15-18(13-14-19(22)31(16)25)33-20-9-5-7-11-23(20)34(3,4)24-12-8-6-10-21(24)33/h5-12,18-19,22,25-26,29-30H,13-15H2,1-4H3. The van der Waals surface area contributed by atoms with Gasteiger partial charge in [0.05, 0.1) is 12.1 Å². The van der Waals surface area contributed by atoms with Crippen LogP contribution in [-0.2, 0) is 0 Å². The number of hydrogen-bond acceptors (Lipinski definition) is 7. The molecule has 0 aromatic heterocycles. The van der Waals surface area contributed by atoms with Crippen molar-refractivity contribution in [2.24, 2.45) is 10.2 Å². The minimum Gasteiger partial charge on any atom is -0.338 e. The molecule has 7 nitrogen and oxygen atoms in total. The Balaban J connectivity index is 1.31. The summed E-state index contributed by atoms with van der Waals surface area (Å²) in [7, 11) is -1.74. The third-order valence-corrected chi connectivity index (χ3v) is 12.4. The van der Waals surface area contributed by atoms with Crippen LogP contribution in [0.1, 0.15) is 33.1 Å². The second-order valence-electron chi connectivity index (χ2n) is 10.9. The third kappa shape index (κ3) is 2.57. The van der Waals surface area contributed by atoms with Crippen molar-refractivity contribution >= 4 is 41.5 Å². The van der Waals surface area contributed by atoms with Crippen LogP contribution in [0.5, 0.6) is 0 Å². The first-order chi connectivity index (χ1) is 16.5. The van der Waals surface area contributed by atoms with Crippen molar-refractivity contribution in [3.63, 3.8) is 0 Å². The van der Waals surface area contributed by atoms with E-state index in [1.165, 1.54) is 17.8 Å². The van der Waals surface area contributed by atoms with Gasteiger partial charge in [0.2, 0.25) is 0 Å². The van der Waals surface area contributed by atoms with Crippen LogP contribution >= 0.6 is 0 Å². The fourth-order valence-electron chi connectivity index (χ4n) is 7.36. The molecule has 5 atom stereocenters. The summed E-state index contributed by atoms with van der Waals surface area (Å²) in [4.78, 5) is 7.76. The Morgan fingerprint density at radius 3 is 1.88 bits per heavy atom. The van der Waals surface area contributed by atoms with Gasteiger partial charge < -0.3 is 14.7 Å². The maximum Gasteiger partial charge on any atom is 0.157 e. The molecule has 8 heteroatoms. The van der Waals surface area contributed by atoms with Gasteiger partial charge in [-0.05, 0) is 55.6 Å². The van der Waals surface area contributed by atoms with Gasteiger partial charge in [0.1, 0.15) is 19.7 Å². The lowest BCUT2D eigenvalue weighted by atomic mass is 9.81. The normalized spacial score (nSPS) is 32.4. The van der Waals surface area contributed by atoms with Gasteiger partial charge in [-0.3, -0.25) is 10.9 Å². The molecule has 1 aliphatic carbocycles. The van der Waals surface area contributed by atoms with Crippen LogP contribution in [0.25, 0.3) is 0 Å². The highest BCUT2D eigenvalue weighted by Crippen LogP contribution is 2.43. The predicted molar refractivity (Wildman–Crippen MR) is 141 cm³/mol. The molecule has 0 bridgehead atoms. The molecule has 5 aliphatic rings. The summed E-state index contributed by atoms with van der Waals surface area (Å²) in [5.74, 6) is 2.20. The number of amidine groups is 2. The lowest BCUT2D eigenvalue weighted by Gasteiger charge is -2.56. The number of hydrogen-bond donors (Lipinski definition) is 2. The zero-order valence-corrected chi connectivity index (χ0v) is 21.4. The predicted octanol–water partition coefficient (Wildman–Crippen LogP) is 2.39. The van der Waals surface area contributed by atoms with Crippen LogP contribution in [0.3, 0.4) is 0 Å². The molecule has 5 unspecified atom stereocenters. The zero-order chi connectivity index (χ0) is 23.2. The van der Waals surface area contributed by atoms with Crippen LogP contribution in [-0.4, -0.2) is 60.0 Å². The van der Waals surface area contributed by atoms with E-state index in [0.29, 0.717) is 18.1 Å². The molecule has 0 amide bonds. The van der Waals surface area contributed by atoms with Crippen molar-refractivity contribution in [3.8, 4) is 0 Å². The second kappa shape index (κ2) is 7.01. The van der Waals surface area contributed by atoms with E-state index in [-0.39, 0.29) is 12.3 Å². The Hall–Kier alpha value is -3.00.